The number of nitrogens with zero attached hydrogens (tertiary/aromatic N) is 2. The molecule has 10 heteroatoms. The van der Waals surface area contributed by atoms with Gasteiger partial charge in [0, 0.05) is 11.5 Å². The monoisotopic (exact) mass is 590 g/mol. The van der Waals surface area contributed by atoms with Crippen molar-refractivity contribution in [3.05, 3.63) is 96.8 Å². The number of hydrogen-bond donors (Lipinski definition) is 1. The van der Waals surface area contributed by atoms with Crippen LogP contribution in [-0.2, 0) is 11.4 Å². The van der Waals surface area contributed by atoms with Crippen LogP contribution < -0.4 is 4.74 Å². The number of amidine groups is 1. The summed E-state index contributed by atoms with van der Waals surface area (Å²) in [4.78, 5) is 30.1. The predicted octanol–water partition coefficient (Wildman–Crippen LogP) is 7.27. The molecule has 3 aromatic carbocycles. The number of halogens is 3. The fourth-order valence-electron chi connectivity index (χ4n) is 3.13. The van der Waals surface area contributed by atoms with Gasteiger partial charge in [-0.2, -0.15) is 0 Å². The Balaban J connectivity index is 1.52. The number of amides is 1. The number of likely N-dealkylation sites (N-methyl/N-ethyl adjacent to an activating group) is 1. The topological polar surface area (TPSA) is 79.2 Å². The highest BCUT2D eigenvalue weighted by molar-refractivity contribution is 9.10. The van der Waals surface area contributed by atoms with Crippen molar-refractivity contribution in [2.24, 2.45) is 4.99 Å². The third kappa shape index (κ3) is 6.08. The fourth-order valence-corrected chi connectivity index (χ4v) is 4.99. The summed E-state index contributed by atoms with van der Waals surface area (Å²) in [6.45, 7) is 0.305. The Morgan fingerprint density at radius 1 is 1.11 bits per heavy atom. The largest absolute Gasteiger partial charge is 0.486 e. The van der Waals surface area contributed by atoms with Gasteiger partial charge in [0.1, 0.15) is 6.61 Å². The molecule has 0 unspecified atom stereocenters. The first kappa shape index (κ1) is 25.3. The van der Waals surface area contributed by atoms with Gasteiger partial charge in [0.2, 0.25) is 0 Å². The fraction of sp³-hybridized carbons (Fsp3) is 0.0800. The van der Waals surface area contributed by atoms with Crippen molar-refractivity contribution in [2.45, 2.75) is 6.61 Å². The van der Waals surface area contributed by atoms with Gasteiger partial charge in [-0.05, 0) is 77.5 Å². The first-order chi connectivity index (χ1) is 16.7. The summed E-state index contributed by atoms with van der Waals surface area (Å²) in [6.07, 6.45) is 1.69. The molecule has 1 amide bonds. The summed E-state index contributed by atoms with van der Waals surface area (Å²) in [5.74, 6) is -0.870. The van der Waals surface area contributed by atoms with Gasteiger partial charge in [-0.3, -0.25) is 9.69 Å². The maximum atomic E-state index is 12.8. The normalized spacial score (nSPS) is 15.8. The maximum absolute atomic E-state index is 12.8. The molecular weight excluding hydrogens is 575 g/mol. The molecule has 0 spiro atoms. The van der Waals surface area contributed by atoms with Crippen molar-refractivity contribution in [2.75, 3.05) is 7.05 Å². The van der Waals surface area contributed by atoms with Crippen molar-refractivity contribution >= 4 is 79.7 Å². The Morgan fingerprint density at radius 3 is 2.34 bits per heavy atom. The number of carbonyl (C=O) groups is 2. The second-order valence-electron chi connectivity index (χ2n) is 7.45. The number of benzene rings is 3. The van der Waals surface area contributed by atoms with Gasteiger partial charge >= 0.3 is 5.97 Å². The second kappa shape index (κ2) is 10.9. The van der Waals surface area contributed by atoms with Crippen molar-refractivity contribution in [3.63, 3.8) is 0 Å². The van der Waals surface area contributed by atoms with E-state index in [1.165, 1.54) is 28.8 Å². The zero-order valence-electron chi connectivity index (χ0n) is 18.2. The van der Waals surface area contributed by atoms with Crippen LogP contribution in [0.1, 0.15) is 21.5 Å². The second-order valence-corrected chi connectivity index (χ2v) is 10.2. The van der Waals surface area contributed by atoms with Crippen molar-refractivity contribution in [3.8, 4) is 5.75 Å². The minimum Gasteiger partial charge on any atom is -0.486 e. The molecule has 3 aromatic rings. The molecular formula is C25H17BrCl2N2O4S. The molecule has 0 radical (unpaired) electrons. The standard InChI is InChI=1S/C25H17BrCl2N2O4S/c1-30-23(31)21(35-25(30)29-18-8-4-16(5-9-18)24(32)33)12-15-10-19(27)22(20(28)11-15)34-13-14-2-6-17(26)7-3-14/h2-12H,13H2,1H3,(H,32,33)/b21-12-,29-25?. The van der Waals surface area contributed by atoms with E-state index in [0.717, 1.165) is 10.0 Å². The highest BCUT2D eigenvalue weighted by Crippen LogP contribution is 2.38. The number of hydrogen-bond acceptors (Lipinski definition) is 5. The van der Waals surface area contributed by atoms with Gasteiger partial charge in [0.25, 0.3) is 5.91 Å². The Morgan fingerprint density at radius 2 is 1.74 bits per heavy atom. The van der Waals surface area contributed by atoms with E-state index in [4.69, 9.17) is 33.0 Å². The van der Waals surface area contributed by atoms with Crippen molar-refractivity contribution in [1.29, 1.82) is 0 Å². The van der Waals surface area contributed by atoms with Crippen LogP contribution in [0.15, 0.2) is 75.0 Å². The zero-order chi connectivity index (χ0) is 25.1. The molecule has 4 rings (SSSR count). The lowest BCUT2D eigenvalue weighted by atomic mass is 10.2. The first-order valence-corrected chi connectivity index (χ1v) is 12.5. The Bertz CT molecular complexity index is 1340. The van der Waals surface area contributed by atoms with E-state index in [1.807, 2.05) is 24.3 Å². The van der Waals surface area contributed by atoms with Crippen LogP contribution in [0.2, 0.25) is 10.0 Å². The lowest BCUT2D eigenvalue weighted by molar-refractivity contribution is -0.121. The molecule has 1 heterocycles. The maximum Gasteiger partial charge on any atom is 0.335 e. The SMILES string of the molecule is CN1C(=O)/C(=C/c2cc(Cl)c(OCc3ccc(Br)cc3)c(Cl)c2)SC1=Nc1ccc(C(=O)O)cc1. The summed E-state index contributed by atoms with van der Waals surface area (Å²) < 4.78 is 6.80. The van der Waals surface area contributed by atoms with Crippen LogP contribution in [-0.4, -0.2) is 34.1 Å². The number of aromatic carboxylic acids is 1. The molecule has 0 saturated carbocycles. The van der Waals surface area contributed by atoms with E-state index in [2.05, 4.69) is 20.9 Å². The van der Waals surface area contributed by atoms with Gasteiger partial charge < -0.3 is 9.84 Å². The number of aliphatic imine (C=N–C) groups is 1. The predicted molar refractivity (Wildman–Crippen MR) is 144 cm³/mol. The Kier molecular flexibility index (Phi) is 7.86. The van der Waals surface area contributed by atoms with E-state index >= 15 is 0 Å². The third-order valence-electron chi connectivity index (χ3n) is 4.96. The summed E-state index contributed by atoms with van der Waals surface area (Å²) in [6, 6.07) is 17.2. The Hall–Kier alpha value is -2.78. The smallest absolute Gasteiger partial charge is 0.335 e. The van der Waals surface area contributed by atoms with Crippen LogP contribution in [0.5, 0.6) is 5.75 Å². The van der Waals surface area contributed by atoms with Gasteiger partial charge in [-0.15, -0.1) is 0 Å². The highest BCUT2D eigenvalue weighted by atomic mass is 79.9. The molecule has 35 heavy (non-hydrogen) atoms. The molecule has 178 valence electrons. The third-order valence-corrected chi connectivity index (χ3v) is 7.11. The quantitative estimate of drug-likeness (QED) is 0.305. The molecule has 1 saturated heterocycles. The molecule has 0 aliphatic carbocycles. The minimum atomic E-state index is -1.01. The number of carboxylic acid groups (broad SMARTS) is 1. The molecule has 1 aliphatic heterocycles. The van der Waals surface area contributed by atoms with E-state index in [-0.39, 0.29) is 11.5 Å². The van der Waals surface area contributed by atoms with Crippen LogP contribution in [0.25, 0.3) is 6.08 Å². The lowest BCUT2D eigenvalue weighted by Crippen LogP contribution is -2.23. The van der Waals surface area contributed by atoms with Crippen LogP contribution in [0, 0.1) is 0 Å². The van der Waals surface area contributed by atoms with Crippen molar-refractivity contribution < 1.29 is 19.4 Å². The van der Waals surface area contributed by atoms with Gasteiger partial charge in [-0.25, -0.2) is 9.79 Å². The molecule has 0 atom stereocenters. The van der Waals surface area contributed by atoms with E-state index in [0.29, 0.717) is 43.7 Å². The number of carboxylic acids is 1. The molecule has 1 fully saturated rings. The minimum absolute atomic E-state index is 0.163. The van der Waals surface area contributed by atoms with Gasteiger partial charge in [0.05, 0.1) is 26.2 Å². The van der Waals surface area contributed by atoms with E-state index in [1.54, 1.807) is 37.4 Å². The number of thioether (sulfide) groups is 1. The molecule has 1 N–H and O–H groups in total. The molecule has 0 aromatic heterocycles. The molecule has 1 aliphatic rings. The average Bonchev–Trinajstić information content (AvgIpc) is 3.07. The van der Waals surface area contributed by atoms with Crippen LogP contribution in [0.3, 0.4) is 0 Å². The summed E-state index contributed by atoms with van der Waals surface area (Å²) in [7, 11) is 1.62. The average molecular weight is 592 g/mol. The lowest BCUT2D eigenvalue weighted by Gasteiger charge is -2.11. The number of rotatable bonds is 6. The summed E-state index contributed by atoms with van der Waals surface area (Å²) >= 11 is 17.5. The first-order valence-electron chi connectivity index (χ1n) is 10.2. The number of carbonyl (C=O) groups excluding carboxylic acids is 1. The Labute approximate surface area is 224 Å². The van der Waals surface area contributed by atoms with Gasteiger partial charge in [0.15, 0.2) is 10.9 Å². The van der Waals surface area contributed by atoms with Crippen LogP contribution >= 0.6 is 50.9 Å². The molecule has 0 bridgehead atoms. The highest BCUT2D eigenvalue weighted by Gasteiger charge is 2.30. The number of ether oxygens (including phenoxy) is 1. The van der Waals surface area contributed by atoms with E-state index < -0.39 is 5.97 Å². The summed E-state index contributed by atoms with van der Waals surface area (Å²) in [5.41, 5.74) is 2.31. The summed E-state index contributed by atoms with van der Waals surface area (Å²) in [5, 5.41) is 10.2. The molecule has 6 nitrogen and oxygen atoms in total. The zero-order valence-corrected chi connectivity index (χ0v) is 22.1. The van der Waals surface area contributed by atoms with Gasteiger partial charge in [-0.1, -0.05) is 51.3 Å². The van der Waals surface area contributed by atoms with E-state index in [9.17, 15) is 9.59 Å². The van der Waals surface area contributed by atoms with Crippen LogP contribution in [0.4, 0.5) is 5.69 Å². The van der Waals surface area contributed by atoms with Crippen molar-refractivity contribution in [1.82, 2.24) is 4.90 Å².